The van der Waals surface area contributed by atoms with Crippen LogP contribution in [0.1, 0.15) is 94.5 Å². The fraction of sp³-hybridized carbons (Fsp3) is 0.250. The zero-order chi connectivity index (χ0) is 67.5. The summed E-state index contributed by atoms with van der Waals surface area (Å²) in [5.41, 5.74) is 5.62. The summed E-state index contributed by atoms with van der Waals surface area (Å²) in [6.45, 7) is 17.0. The topological polar surface area (TPSA) is 92.3 Å². The summed E-state index contributed by atoms with van der Waals surface area (Å²) >= 11 is 21.2. The lowest BCUT2D eigenvalue weighted by atomic mass is 10.2. The first-order chi connectivity index (χ1) is 46.4. The van der Waals surface area contributed by atoms with Gasteiger partial charge in [-0.3, -0.25) is 23.5 Å². The van der Waals surface area contributed by atoms with Crippen LogP contribution in [0.15, 0.2) is 267 Å². The Balaban J connectivity index is 0.000000617. The van der Waals surface area contributed by atoms with E-state index in [1.807, 2.05) is 243 Å². The molecule has 0 radical (unpaired) electrons. The first-order valence-corrected chi connectivity index (χ1v) is 34.3. The highest BCUT2D eigenvalue weighted by Gasteiger charge is 2.04. The molecular formula is C80H95F5O10S5. The van der Waals surface area contributed by atoms with Gasteiger partial charge in [-0.2, -0.15) is 0 Å². The lowest BCUT2D eigenvalue weighted by Crippen LogP contribution is -1.97. The molecule has 0 heterocycles. The third kappa shape index (κ3) is 37.7. The number of rotatable bonds is 30. The molecule has 0 unspecified atom stereocenters. The van der Waals surface area contributed by atoms with Crippen molar-refractivity contribution in [2.75, 3.05) is 33.0 Å². The van der Waals surface area contributed by atoms with Gasteiger partial charge >= 0.3 is 0 Å². The van der Waals surface area contributed by atoms with Gasteiger partial charge in [0.2, 0.25) is 0 Å². The summed E-state index contributed by atoms with van der Waals surface area (Å²) in [6.07, 6.45) is 5.10. The molecule has 540 valence electrons. The highest BCUT2D eigenvalue weighted by molar-refractivity contribution is 7.81. The highest BCUT2D eigenvalue weighted by Crippen LogP contribution is 2.24. The third-order valence-corrected chi connectivity index (χ3v) is 14.7. The van der Waals surface area contributed by atoms with Gasteiger partial charge in [0.25, 0.3) is 0 Å². The Morgan fingerprint density at radius 3 is 0.400 bits per heavy atom. The first kappa shape index (κ1) is 89.6. The maximum atomic E-state index is 5.69. The van der Waals surface area contributed by atoms with Crippen LogP contribution in [-0.2, 0) is 33.0 Å². The Bertz CT molecular complexity index is 3050. The van der Waals surface area contributed by atoms with Crippen molar-refractivity contribution in [2.45, 2.75) is 124 Å². The molecule has 0 aliphatic carbocycles. The van der Waals surface area contributed by atoms with Crippen molar-refractivity contribution in [3.05, 3.63) is 270 Å². The largest absolute Gasteiger partial charge is 0.494 e. The van der Waals surface area contributed by atoms with Crippen molar-refractivity contribution in [3.63, 3.8) is 0 Å². The lowest BCUT2D eigenvalue weighted by Gasteiger charge is -2.08. The number of hydrogen-bond acceptors (Lipinski definition) is 15. The van der Waals surface area contributed by atoms with Gasteiger partial charge in [0, 0.05) is 24.5 Å². The van der Waals surface area contributed by atoms with Gasteiger partial charge in [0.1, 0.15) is 90.5 Å². The van der Waals surface area contributed by atoms with Gasteiger partial charge in [0.05, 0.1) is 33.0 Å². The molecule has 10 aromatic rings. The quantitative estimate of drug-likeness (QED) is 0.0221. The van der Waals surface area contributed by atoms with Crippen molar-refractivity contribution >= 4 is 63.1 Å². The normalized spacial score (nSPS) is 9.70. The summed E-state index contributed by atoms with van der Waals surface area (Å²) in [5.74, 6) is 8.79. The van der Waals surface area contributed by atoms with E-state index in [0.29, 0.717) is 33.0 Å². The molecular weight excluding hydrogens is 1380 g/mol. The number of halogens is 5. The standard InChI is InChI=1S/5C16H18O2S.5FH/c5*1-2-11-17-14-5-3-13(4-6-14)12-18-15-7-9-16(19)10-8-15;;;;;/h5*3-10,19H,2,11-12H2,1H3;5*1H. The van der Waals surface area contributed by atoms with E-state index in [1.165, 1.54) is 0 Å². The number of benzene rings is 10. The molecule has 10 nitrogen and oxygen atoms in total. The van der Waals surface area contributed by atoms with E-state index in [-0.39, 0.29) is 23.5 Å². The Kier molecular flexibility index (Phi) is 47.9. The maximum absolute atomic E-state index is 5.69. The lowest BCUT2D eigenvalue weighted by molar-refractivity contribution is 0.304. The predicted molar refractivity (Wildman–Crippen MR) is 414 cm³/mol. The fourth-order valence-corrected chi connectivity index (χ4v) is 8.80. The molecule has 0 bridgehead atoms. The zero-order valence-corrected chi connectivity index (χ0v) is 61.5. The van der Waals surface area contributed by atoms with Crippen LogP contribution in [0.5, 0.6) is 57.5 Å². The van der Waals surface area contributed by atoms with Crippen LogP contribution in [-0.4, -0.2) is 33.0 Å². The van der Waals surface area contributed by atoms with Gasteiger partial charge < -0.3 is 47.4 Å². The Morgan fingerprint density at radius 1 is 0.170 bits per heavy atom. The van der Waals surface area contributed by atoms with E-state index in [1.54, 1.807) is 0 Å². The monoisotopic (exact) mass is 1470 g/mol. The van der Waals surface area contributed by atoms with E-state index in [0.717, 1.165) is 175 Å². The Labute approximate surface area is 615 Å². The van der Waals surface area contributed by atoms with E-state index >= 15 is 0 Å². The molecule has 100 heavy (non-hydrogen) atoms. The molecule has 0 spiro atoms. The minimum atomic E-state index is 0. The van der Waals surface area contributed by atoms with Crippen LogP contribution in [0.2, 0.25) is 0 Å². The van der Waals surface area contributed by atoms with Crippen LogP contribution in [0.25, 0.3) is 0 Å². The second-order valence-electron chi connectivity index (χ2n) is 21.4. The highest BCUT2D eigenvalue weighted by atomic mass is 32.1. The van der Waals surface area contributed by atoms with E-state index in [9.17, 15) is 0 Å². The van der Waals surface area contributed by atoms with Gasteiger partial charge in [0.15, 0.2) is 0 Å². The molecule has 0 aromatic heterocycles. The summed E-state index contributed by atoms with van der Waals surface area (Å²) in [7, 11) is 0. The Morgan fingerprint density at radius 2 is 0.280 bits per heavy atom. The number of ether oxygens (including phenoxy) is 10. The van der Waals surface area contributed by atoms with Crippen molar-refractivity contribution < 1.29 is 70.9 Å². The minimum absolute atomic E-state index is 0. The zero-order valence-electron chi connectivity index (χ0n) is 57.1. The molecule has 0 aliphatic heterocycles. The summed E-state index contributed by atoms with van der Waals surface area (Å²) in [5, 5.41) is 0. The third-order valence-electron chi connectivity index (χ3n) is 13.2. The molecule has 20 heteroatoms. The molecule has 0 aliphatic rings. The van der Waals surface area contributed by atoms with Gasteiger partial charge in [-0.25, -0.2) is 0 Å². The summed E-state index contributed by atoms with van der Waals surface area (Å²) < 4.78 is 56.2. The SMILES string of the molecule is CCCOc1ccc(COc2ccc(S)cc2)cc1.CCCOc1ccc(COc2ccc(S)cc2)cc1.CCCOc1ccc(COc2ccc(S)cc2)cc1.CCCOc1ccc(COc2ccc(S)cc2)cc1.CCCOc1ccc(COc2ccc(S)cc2)cc1.F.F.F.F.F. The minimum Gasteiger partial charge on any atom is -0.494 e. The molecule has 0 atom stereocenters. The molecule has 0 saturated carbocycles. The van der Waals surface area contributed by atoms with Crippen LogP contribution < -0.4 is 47.4 Å². The van der Waals surface area contributed by atoms with E-state index < -0.39 is 0 Å². The molecule has 0 saturated heterocycles. The average Bonchev–Trinajstić information content (AvgIpc) is 1.06. The van der Waals surface area contributed by atoms with E-state index in [4.69, 9.17) is 47.4 Å². The average molecular weight is 1470 g/mol. The van der Waals surface area contributed by atoms with Gasteiger partial charge in [-0.15, -0.1) is 63.1 Å². The van der Waals surface area contributed by atoms with Crippen molar-refractivity contribution in [3.8, 4) is 57.5 Å². The fourth-order valence-electron chi connectivity index (χ4n) is 8.05. The van der Waals surface area contributed by atoms with Crippen molar-refractivity contribution in [1.29, 1.82) is 0 Å². The van der Waals surface area contributed by atoms with Crippen LogP contribution in [0.4, 0.5) is 23.5 Å². The number of hydrogen-bond donors (Lipinski definition) is 5. The summed E-state index contributed by atoms with van der Waals surface area (Å²) in [6, 6.07) is 78.4. The van der Waals surface area contributed by atoms with Crippen molar-refractivity contribution in [2.24, 2.45) is 0 Å². The van der Waals surface area contributed by atoms with Crippen LogP contribution in [0.3, 0.4) is 0 Å². The second-order valence-corrected chi connectivity index (χ2v) is 24.0. The van der Waals surface area contributed by atoms with Crippen LogP contribution >= 0.6 is 63.1 Å². The molecule has 0 amide bonds. The Hall–Kier alpha value is -8.40. The molecule has 10 rings (SSSR count). The maximum Gasteiger partial charge on any atom is 0.119 e. The molecule has 0 N–H and O–H groups in total. The van der Waals surface area contributed by atoms with Gasteiger partial charge in [-0.05, 0) is 242 Å². The second kappa shape index (κ2) is 53.5. The number of thiol groups is 5. The van der Waals surface area contributed by atoms with Crippen molar-refractivity contribution in [1.82, 2.24) is 0 Å². The first-order valence-electron chi connectivity index (χ1n) is 32.1. The van der Waals surface area contributed by atoms with Gasteiger partial charge in [-0.1, -0.05) is 95.3 Å². The molecule has 0 fully saturated rings. The predicted octanol–water partition coefficient (Wildman–Crippen LogP) is 22.5. The summed E-state index contributed by atoms with van der Waals surface area (Å²) in [4.78, 5) is 4.67. The molecule has 10 aromatic carbocycles. The van der Waals surface area contributed by atoms with E-state index in [2.05, 4.69) is 97.8 Å². The smallest absolute Gasteiger partial charge is 0.119 e. The van der Waals surface area contributed by atoms with Crippen LogP contribution in [0, 0.1) is 0 Å².